The molecule has 1 aliphatic rings. The van der Waals surface area contributed by atoms with E-state index >= 15 is 0 Å². The molecule has 0 aliphatic carbocycles. The van der Waals surface area contributed by atoms with Gasteiger partial charge in [-0.15, -0.1) is 0 Å². The normalized spacial score (nSPS) is 48.0. The fourth-order valence-corrected chi connectivity index (χ4v) is 0.925. The van der Waals surface area contributed by atoms with E-state index in [1.54, 1.807) is 0 Å². The number of hydrogen-bond donors (Lipinski definition) is 4. The van der Waals surface area contributed by atoms with E-state index in [4.69, 9.17) is 21.1 Å². The largest absolute Gasteiger partial charge is 0.394 e. The fourth-order valence-electron chi connectivity index (χ4n) is 0.925. The van der Waals surface area contributed by atoms with Gasteiger partial charge in [0, 0.05) is 0 Å². The van der Waals surface area contributed by atoms with Crippen LogP contribution >= 0.6 is 0 Å². The standard InChI is InChI=1S/C5H11NO4/c6-3-2(1-7)10-5(9)4(3)8/h2-5,7-9H,1,6H2. The molecule has 4 unspecified atom stereocenters. The first kappa shape index (κ1) is 7.90. The number of rotatable bonds is 1. The van der Waals surface area contributed by atoms with Gasteiger partial charge in [0.15, 0.2) is 6.29 Å². The van der Waals surface area contributed by atoms with Crippen LogP contribution in [0.4, 0.5) is 0 Å². The molecule has 60 valence electrons. The van der Waals surface area contributed by atoms with Crippen LogP contribution in [0.3, 0.4) is 0 Å². The van der Waals surface area contributed by atoms with Crippen molar-refractivity contribution in [1.29, 1.82) is 0 Å². The lowest BCUT2D eigenvalue weighted by Crippen LogP contribution is -2.41. The third kappa shape index (κ3) is 1.14. The van der Waals surface area contributed by atoms with Crippen molar-refractivity contribution < 1.29 is 20.1 Å². The van der Waals surface area contributed by atoms with Gasteiger partial charge in [-0.2, -0.15) is 0 Å². The van der Waals surface area contributed by atoms with Crippen molar-refractivity contribution in [3.8, 4) is 0 Å². The van der Waals surface area contributed by atoms with Crippen molar-refractivity contribution in [2.75, 3.05) is 6.61 Å². The summed E-state index contributed by atoms with van der Waals surface area (Å²) in [5.41, 5.74) is 5.33. The van der Waals surface area contributed by atoms with Gasteiger partial charge in [0.2, 0.25) is 0 Å². The molecular formula is C5H11NO4. The summed E-state index contributed by atoms with van der Waals surface area (Å²) in [6.07, 6.45) is -2.99. The van der Waals surface area contributed by atoms with E-state index < -0.39 is 24.5 Å². The van der Waals surface area contributed by atoms with Gasteiger partial charge in [0.1, 0.15) is 12.2 Å². The molecule has 1 aliphatic heterocycles. The minimum atomic E-state index is -1.26. The highest BCUT2D eigenvalue weighted by Crippen LogP contribution is 2.16. The Morgan fingerprint density at radius 2 is 2.00 bits per heavy atom. The maximum atomic E-state index is 8.96. The Kier molecular flexibility index (Phi) is 2.22. The van der Waals surface area contributed by atoms with Gasteiger partial charge in [0.25, 0.3) is 0 Å². The molecule has 0 radical (unpaired) electrons. The summed E-state index contributed by atoms with van der Waals surface area (Å²) in [6.45, 7) is -0.282. The molecule has 0 spiro atoms. The minimum Gasteiger partial charge on any atom is -0.394 e. The van der Waals surface area contributed by atoms with Crippen molar-refractivity contribution in [2.24, 2.45) is 5.73 Å². The van der Waals surface area contributed by atoms with Crippen molar-refractivity contribution >= 4 is 0 Å². The van der Waals surface area contributed by atoms with Crippen LogP contribution in [0.25, 0.3) is 0 Å². The monoisotopic (exact) mass is 149 g/mol. The second kappa shape index (κ2) is 2.81. The summed E-state index contributed by atoms with van der Waals surface area (Å²) in [5, 5.41) is 26.3. The van der Waals surface area contributed by atoms with Gasteiger partial charge in [-0.1, -0.05) is 0 Å². The highest BCUT2D eigenvalue weighted by Gasteiger charge is 2.39. The molecule has 0 aromatic carbocycles. The van der Waals surface area contributed by atoms with Gasteiger partial charge in [0.05, 0.1) is 12.6 Å². The van der Waals surface area contributed by atoms with E-state index in [2.05, 4.69) is 4.74 Å². The van der Waals surface area contributed by atoms with Gasteiger partial charge < -0.3 is 25.8 Å². The molecule has 0 saturated carbocycles. The number of aliphatic hydroxyl groups excluding tert-OH is 3. The summed E-state index contributed by atoms with van der Waals surface area (Å²) in [5.74, 6) is 0. The Hall–Kier alpha value is -0.200. The molecule has 0 bridgehead atoms. The summed E-state index contributed by atoms with van der Waals surface area (Å²) in [4.78, 5) is 0. The first-order valence-corrected chi connectivity index (χ1v) is 3.05. The summed E-state index contributed by atoms with van der Waals surface area (Å²) in [7, 11) is 0. The van der Waals surface area contributed by atoms with Crippen LogP contribution in [0.15, 0.2) is 0 Å². The maximum Gasteiger partial charge on any atom is 0.182 e. The van der Waals surface area contributed by atoms with Crippen molar-refractivity contribution in [3.63, 3.8) is 0 Å². The van der Waals surface area contributed by atoms with E-state index in [-0.39, 0.29) is 6.61 Å². The Morgan fingerprint density at radius 3 is 2.20 bits per heavy atom. The summed E-state index contributed by atoms with van der Waals surface area (Å²) >= 11 is 0. The van der Waals surface area contributed by atoms with Crippen LogP contribution in [0, 0.1) is 0 Å². The quantitative estimate of drug-likeness (QED) is 0.327. The van der Waals surface area contributed by atoms with E-state index in [0.29, 0.717) is 0 Å². The highest BCUT2D eigenvalue weighted by atomic mass is 16.6. The molecule has 5 nitrogen and oxygen atoms in total. The maximum absolute atomic E-state index is 8.96. The first-order chi connectivity index (χ1) is 4.66. The van der Waals surface area contributed by atoms with Gasteiger partial charge in [-0.05, 0) is 0 Å². The van der Waals surface area contributed by atoms with E-state index in [9.17, 15) is 0 Å². The van der Waals surface area contributed by atoms with Gasteiger partial charge >= 0.3 is 0 Å². The van der Waals surface area contributed by atoms with Crippen LogP contribution in [-0.2, 0) is 4.74 Å². The van der Waals surface area contributed by atoms with Gasteiger partial charge in [-0.25, -0.2) is 0 Å². The van der Waals surface area contributed by atoms with Crippen molar-refractivity contribution in [1.82, 2.24) is 0 Å². The molecule has 5 N–H and O–H groups in total. The van der Waals surface area contributed by atoms with Gasteiger partial charge in [-0.3, -0.25) is 0 Å². The lowest BCUT2D eigenvalue weighted by Gasteiger charge is -2.10. The molecule has 1 saturated heterocycles. The van der Waals surface area contributed by atoms with Crippen LogP contribution in [0.5, 0.6) is 0 Å². The molecule has 0 aromatic heterocycles. The molecule has 0 aromatic rings. The van der Waals surface area contributed by atoms with Crippen LogP contribution < -0.4 is 5.73 Å². The smallest absolute Gasteiger partial charge is 0.182 e. The van der Waals surface area contributed by atoms with E-state index in [1.165, 1.54) is 0 Å². The lowest BCUT2D eigenvalue weighted by atomic mass is 10.1. The predicted molar refractivity (Wildman–Crippen MR) is 31.9 cm³/mol. The molecule has 4 atom stereocenters. The number of aliphatic hydroxyl groups is 3. The molecule has 1 heterocycles. The average molecular weight is 149 g/mol. The highest BCUT2D eigenvalue weighted by molar-refractivity contribution is 4.88. The Labute approximate surface area is 58.0 Å². The zero-order valence-electron chi connectivity index (χ0n) is 5.34. The zero-order valence-corrected chi connectivity index (χ0v) is 5.34. The van der Waals surface area contributed by atoms with Crippen LogP contribution in [-0.4, -0.2) is 46.5 Å². The SMILES string of the molecule is NC1C(CO)OC(O)C1O. The predicted octanol–water partition coefficient (Wildman–Crippen LogP) is -2.62. The Morgan fingerprint density at radius 1 is 1.40 bits per heavy atom. The molecule has 0 amide bonds. The average Bonchev–Trinajstić information content (AvgIpc) is 2.17. The van der Waals surface area contributed by atoms with Crippen molar-refractivity contribution in [2.45, 2.75) is 24.5 Å². The third-order valence-electron chi connectivity index (χ3n) is 1.61. The topological polar surface area (TPSA) is 95.9 Å². The third-order valence-corrected chi connectivity index (χ3v) is 1.61. The zero-order chi connectivity index (χ0) is 7.72. The Balaban J connectivity index is 2.53. The number of nitrogens with two attached hydrogens (primary N) is 1. The van der Waals surface area contributed by atoms with Crippen LogP contribution in [0.2, 0.25) is 0 Å². The molecule has 1 fully saturated rings. The van der Waals surface area contributed by atoms with Crippen molar-refractivity contribution in [3.05, 3.63) is 0 Å². The molecular weight excluding hydrogens is 138 g/mol. The molecule has 5 heteroatoms. The first-order valence-electron chi connectivity index (χ1n) is 3.05. The second-order valence-corrected chi connectivity index (χ2v) is 2.32. The summed E-state index contributed by atoms with van der Waals surface area (Å²) in [6, 6.07) is -0.694. The molecule has 1 rings (SSSR count). The number of hydrogen-bond acceptors (Lipinski definition) is 5. The second-order valence-electron chi connectivity index (χ2n) is 2.32. The fraction of sp³-hybridized carbons (Fsp3) is 1.00. The Bertz CT molecular complexity index is 120. The minimum absolute atomic E-state index is 0.282. The summed E-state index contributed by atoms with van der Waals surface area (Å²) < 4.78 is 4.67. The van der Waals surface area contributed by atoms with E-state index in [1.807, 2.05) is 0 Å². The number of ether oxygens (including phenoxy) is 1. The molecule has 10 heavy (non-hydrogen) atoms. The van der Waals surface area contributed by atoms with Crippen LogP contribution in [0.1, 0.15) is 0 Å². The lowest BCUT2D eigenvalue weighted by molar-refractivity contribution is -0.132. The van der Waals surface area contributed by atoms with E-state index in [0.717, 1.165) is 0 Å².